The van der Waals surface area contributed by atoms with E-state index in [0.29, 0.717) is 18.8 Å². The van der Waals surface area contributed by atoms with Gasteiger partial charge >= 0.3 is 0 Å². The number of rotatable bonds is 7. The second kappa shape index (κ2) is 6.75. The third-order valence-electron chi connectivity index (χ3n) is 2.96. The number of furan rings is 1. The predicted molar refractivity (Wildman–Crippen MR) is 78.5 cm³/mol. The van der Waals surface area contributed by atoms with Gasteiger partial charge in [-0.25, -0.2) is 13.1 Å². The molecule has 0 aliphatic heterocycles. The zero-order chi connectivity index (χ0) is 15.3. The van der Waals surface area contributed by atoms with Crippen LogP contribution in [-0.2, 0) is 23.1 Å². The molecule has 0 bridgehead atoms. The summed E-state index contributed by atoms with van der Waals surface area (Å²) in [5.41, 5.74) is 1.10. The first-order valence-electron chi connectivity index (χ1n) is 6.41. The lowest BCUT2D eigenvalue weighted by Crippen LogP contribution is -2.17. The van der Waals surface area contributed by atoms with Crippen molar-refractivity contribution < 1.29 is 17.6 Å². The van der Waals surface area contributed by atoms with Gasteiger partial charge in [0.15, 0.2) is 0 Å². The molecule has 0 fully saturated rings. The van der Waals surface area contributed by atoms with Crippen LogP contribution < -0.4 is 14.8 Å². The smallest absolute Gasteiger partial charge is 0.273 e. The fraction of sp³-hybridized carbons (Fsp3) is 0.286. The topological polar surface area (TPSA) is 80.6 Å². The number of nitrogens with one attached hydrogen (secondary N) is 2. The minimum Gasteiger partial charge on any atom is -0.497 e. The van der Waals surface area contributed by atoms with Gasteiger partial charge in [-0.05, 0) is 36.9 Å². The first-order valence-corrected chi connectivity index (χ1v) is 7.89. The van der Waals surface area contributed by atoms with Crippen molar-refractivity contribution in [3.63, 3.8) is 0 Å². The molecule has 2 N–H and O–H groups in total. The van der Waals surface area contributed by atoms with Gasteiger partial charge in [-0.3, -0.25) is 0 Å². The Labute approximate surface area is 124 Å². The Morgan fingerprint density at radius 1 is 1.10 bits per heavy atom. The maximum absolute atomic E-state index is 11.5. The van der Waals surface area contributed by atoms with E-state index in [2.05, 4.69) is 10.0 Å². The monoisotopic (exact) mass is 310 g/mol. The van der Waals surface area contributed by atoms with Gasteiger partial charge in [0.05, 0.1) is 13.7 Å². The number of hydrogen-bond acceptors (Lipinski definition) is 5. The summed E-state index contributed by atoms with van der Waals surface area (Å²) in [5, 5.41) is 3.11. The first-order chi connectivity index (χ1) is 10.0. The Bertz CT molecular complexity index is 677. The molecular formula is C14H18N2O4S. The van der Waals surface area contributed by atoms with E-state index in [0.717, 1.165) is 11.3 Å². The van der Waals surface area contributed by atoms with Gasteiger partial charge in [0.25, 0.3) is 10.0 Å². The van der Waals surface area contributed by atoms with Gasteiger partial charge < -0.3 is 14.5 Å². The SMILES string of the molecule is CNS(=O)(=O)c1ccc(CNCc2ccc(OC)cc2)o1. The molecule has 0 saturated carbocycles. The highest BCUT2D eigenvalue weighted by atomic mass is 32.2. The minimum absolute atomic E-state index is 0.0775. The predicted octanol–water partition coefficient (Wildman–Crippen LogP) is 1.49. The zero-order valence-corrected chi connectivity index (χ0v) is 12.7. The number of methoxy groups -OCH3 is 1. The van der Waals surface area contributed by atoms with Crippen LogP contribution in [0.15, 0.2) is 45.9 Å². The quantitative estimate of drug-likeness (QED) is 0.810. The highest BCUT2D eigenvalue weighted by molar-refractivity contribution is 7.89. The summed E-state index contributed by atoms with van der Waals surface area (Å²) in [4.78, 5) is 0. The maximum Gasteiger partial charge on any atom is 0.273 e. The molecule has 0 radical (unpaired) electrons. The molecule has 1 aromatic carbocycles. The Balaban J connectivity index is 1.89. The molecule has 6 nitrogen and oxygen atoms in total. The van der Waals surface area contributed by atoms with Crippen molar-refractivity contribution >= 4 is 10.0 Å². The molecule has 21 heavy (non-hydrogen) atoms. The molecule has 0 saturated heterocycles. The Morgan fingerprint density at radius 3 is 2.43 bits per heavy atom. The Hall–Kier alpha value is -1.83. The fourth-order valence-electron chi connectivity index (χ4n) is 1.77. The molecule has 0 amide bonds. The number of benzene rings is 1. The summed E-state index contributed by atoms with van der Waals surface area (Å²) in [6.45, 7) is 1.10. The Kier molecular flexibility index (Phi) is 5.00. The average Bonchev–Trinajstić information content (AvgIpc) is 2.98. The summed E-state index contributed by atoms with van der Waals surface area (Å²) >= 11 is 0. The highest BCUT2D eigenvalue weighted by Crippen LogP contribution is 2.14. The Morgan fingerprint density at radius 2 is 1.81 bits per heavy atom. The lowest BCUT2D eigenvalue weighted by atomic mass is 10.2. The molecular weight excluding hydrogens is 292 g/mol. The summed E-state index contributed by atoms with van der Waals surface area (Å²) in [6.07, 6.45) is 0. The second-order valence-electron chi connectivity index (χ2n) is 4.38. The van der Waals surface area contributed by atoms with E-state index in [1.165, 1.54) is 13.1 Å². The van der Waals surface area contributed by atoms with Crippen molar-refractivity contribution in [1.82, 2.24) is 10.0 Å². The van der Waals surface area contributed by atoms with Crippen LogP contribution >= 0.6 is 0 Å². The second-order valence-corrected chi connectivity index (χ2v) is 6.20. The van der Waals surface area contributed by atoms with Crippen molar-refractivity contribution in [2.24, 2.45) is 0 Å². The minimum atomic E-state index is -3.52. The van der Waals surface area contributed by atoms with Crippen molar-refractivity contribution in [2.45, 2.75) is 18.2 Å². The van der Waals surface area contributed by atoms with E-state index in [1.807, 2.05) is 24.3 Å². The molecule has 2 aromatic rings. The summed E-state index contributed by atoms with van der Waals surface area (Å²) in [7, 11) is -0.548. The maximum atomic E-state index is 11.5. The van der Waals surface area contributed by atoms with Gasteiger partial charge in [0, 0.05) is 6.54 Å². The molecule has 7 heteroatoms. The van der Waals surface area contributed by atoms with E-state index in [1.54, 1.807) is 13.2 Å². The molecule has 0 atom stereocenters. The number of sulfonamides is 1. The molecule has 1 heterocycles. The van der Waals surface area contributed by atoms with E-state index in [4.69, 9.17) is 9.15 Å². The van der Waals surface area contributed by atoms with E-state index in [-0.39, 0.29) is 5.09 Å². The molecule has 0 aliphatic carbocycles. The van der Waals surface area contributed by atoms with Crippen LogP contribution in [0, 0.1) is 0 Å². The average molecular weight is 310 g/mol. The van der Waals surface area contributed by atoms with Crippen molar-refractivity contribution in [3.05, 3.63) is 47.7 Å². The van der Waals surface area contributed by atoms with Crippen LogP contribution in [0.3, 0.4) is 0 Å². The van der Waals surface area contributed by atoms with E-state index >= 15 is 0 Å². The lowest BCUT2D eigenvalue weighted by Gasteiger charge is -2.04. The van der Waals surface area contributed by atoms with Gasteiger partial charge in [-0.15, -0.1) is 0 Å². The van der Waals surface area contributed by atoms with Crippen LogP contribution in [0.1, 0.15) is 11.3 Å². The first kappa shape index (κ1) is 15.6. The summed E-state index contributed by atoms with van der Waals surface area (Å²) in [5.74, 6) is 1.38. The number of hydrogen-bond donors (Lipinski definition) is 2. The molecule has 1 aromatic heterocycles. The standard InChI is InChI=1S/C14H18N2O4S/c1-15-21(17,18)14-8-7-13(20-14)10-16-9-11-3-5-12(19-2)6-4-11/h3-8,15-16H,9-10H2,1-2H3. The van der Waals surface area contributed by atoms with Gasteiger partial charge in [0.1, 0.15) is 11.5 Å². The highest BCUT2D eigenvalue weighted by Gasteiger charge is 2.15. The molecule has 0 aliphatic rings. The number of ether oxygens (including phenoxy) is 1. The van der Waals surface area contributed by atoms with Gasteiger partial charge in [0.2, 0.25) is 5.09 Å². The van der Waals surface area contributed by atoms with Crippen LogP contribution in [-0.4, -0.2) is 22.6 Å². The molecule has 2 rings (SSSR count). The zero-order valence-electron chi connectivity index (χ0n) is 11.9. The normalized spacial score (nSPS) is 11.5. The van der Waals surface area contributed by atoms with Crippen molar-refractivity contribution in [1.29, 1.82) is 0 Å². The summed E-state index contributed by atoms with van der Waals surface area (Å²) in [6, 6.07) is 10.8. The lowest BCUT2D eigenvalue weighted by molar-refractivity contribution is 0.400. The largest absolute Gasteiger partial charge is 0.497 e. The van der Waals surface area contributed by atoms with Crippen LogP contribution in [0.5, 0.6) is 5.75 Å². The van der Waals surface area contributed by atoms with E-state index in [9.17, 15) is 8.42 Å². The molecule has 0 spiro atoms. The van der Waals surface area contributed by atoms with Crippen LogP contribution in [0.25, 0.3) is 0 Å². The van der Waals surface area contributed by atoms with Crippen LogP contribution in [0.2, 0.25) is 0 Å². The summed E-state index contributed by atoms with van der Waals surface area (Å²) < 4.78 is 35.6. The van der Waals surface area contributed by atoms with Gasteiger partial charge in [-0.1, -0.05) is 12.1 Å². The van der Waals surface area contributed by atoms with E-state index < -0.39 is 10.0 Å². The third-order valence-corrected chi connectivity index (χ3v) is 4.24. The molecule has 114 valence electrons. The van der Waals surface area contributed by atoms with Crippen molar-refractivity contribution in [3.8, 4) is 5.75 Å². The van der Waals surface area contributed by atoms with Crippen LogP contribution in [0.4, 0.5) is 0 Å². The third kappa shape index (κ3) is 4.07. The molecule has 0 unspecified atom stereocenters. The van der Waals surface area contributed by atoms with Gasteiger partial charge in [-0.2, -0.15) is 0 Å². The fourth-order valence-corrected chi connectivity index (χ4v) is 2.44. The van der Waals surface area contributed by atoms with Crippen molar-refractivity contribution in [2.75, 3.05) is 14.2 Å².